The van der Waals surface area contributed by atoms with Crippen LogP contribution in [0.5, 0.6) is 23.0 Å². The average Bonchev–Trinajstić information content (AvgIpc) is 3.03. The quantitative estimate of drug-likeness (QED) is 0.211. The summed E-state index contributed by atoms with van der Waals surface area (Å²) in [5, 5.41) is 20.1. The van der Waals surface area contributed by atoms with Crippen LogP contribution >= 0.6 is 0 Å². The monoisotopic (exact) mass is 622 g/mol. The predicted octanol–water partition coefficient (Wildman–Crippen LogP) is 5.54. The molecule has 0 atom stereocenters. The highest BCUT2D eigenvalue weighted by Crippen LogP contribution is 2.48. The molecule has 0 saturated heterocycles. The van der Waals surface area contributed by atoms with Gasteiger partial charge in [0, 0.05) is 27.2 Å². The first-order chi connectivity index (χ1) is 22.1. The Morgan fingerprint density at radius 3 is 1.11 bits per heavy atom. The highest BCUT2D eigenvalue weighted by atomic mass is 16.5. The number of hydrogen-bond donors (Lipinski definition) is 2. The molecule has 0 aliphatic heterocycles. The third kappa shape index (κ3) is 7.18. The van der Waals surface area contributed by atoms with Crippen LogP contribution in [0.25, 0.3) is 0 Å². The van der Waals surface area contributed by atoms with Gasteiger partial charge in [-0.3, -0.25) is 19.2 Å². The second-order valence-electron chi connectivity index (χ2n) is 11.3. The number of para-hydroxylation sites is 2. The van der Waals surface area contributed by atoms with Crippen LogP contribution in [0, 0.1) is 23.7 Å². The maximum atomic E-state index is 13.5. The molecular weight excluding hydrogens is 588 g/mol. The minimum atomic E-state index is -1.48. The van der Waals surface area contributed by atoms with E-state index in [9.17, 15) is 29.4 Å². The van der Waals surface area contributed by atoms with Crippen LogP contribution in [0.3, 0.4) is 0 Å². The van der Waals surface area contributed by atoms with Gasteiger partial charge in [-0.2, -0.15) is 0 Å². The van der Waals surface area contributed by atoms with Gasteiger partial charge in [-0.1, -0.05) is 60.7 Å². The number of hydrogen-bond acceptors (Lipinski definition) is 6. The van der Waals surface area contributed by atoms with Gasteiger partial charge < -0.3 is 29.5 Å². The van der Waals surface area contributed by atoms with Gasteiger partial charge in [-0.15, -0.1) is 0 Å². The summed E-state index contributed by atoms with van der Waals surface area (Å²) in [6.07, 6.45) is 0. The molecule has 0 aromatic heterocycles. The fraction of sp³-hybridized carbons (Fsp3) is 0.222. The number of nitrogens with zero attached hydrogens (tertiary/aromatic N) is 2. The van der Waals surface area contributed by atoms with Crippen LogP contribution < -0.4 is 9.47 Å². The summed E-state index contributed by atoms with van der Waals surface area (Å²) in [5.74, 6) is -7.26. The van der Waals surface area contributed by atoms with E-state index in [-0.39, 0.29) is 13.1 Å². The van der Waals surface area contributed by atoms with Crippen LogP contribution in [0.4, 0.5) is 0 Å². The molecule has 4 aromatic rings. The molecule has 0 bridgehead atoms. The molecule has 4 aromatic carbocycles. The summed E-state index contributed by atoms with van der Waals surface area (Å²) in [6.45, 7) is 0.226. The van der Waals surface area contributed by atoms with Crippen LogP contribution in [-0.4, -0.2) is 57.9 Å². The first-order valence-corrected chi connectivity index (χ1v) is 14.7. The van der Waals surface area contributed by atoms with Gasteiger partial charge in [-0.25, -0.2) is 0 Å². The Balaban J connectivity index is 1.23. The molecule has 1 fully saturated rings. The molecule has 0 radical (unpaired) electrons. The Hall–Kier alpha value is -5.64. The normalized spacial score (nSPS) is 18.5. The van der Waals surface area contributed by atoms with E-state index in [0.29, 0.717) is 23.0 Å². The Morgan fingerprint density at radius 1 is 0.500 bits per heavy atom. The number of carboxylic acid groups (broad SMARTS) is 2. The van der Waals surface area contributed by atoms with E-state index < -0.39 is 47.4 Å². The predicted molar refractivity (Wildman–Crippen MR) is 168 cm³/mol. The van der Waals surface area contributed by atoms with Crippen LogP contribution in [0.2, 0.25) is 0 Å². The number of carboxylic acids is 2. The zero-order valence-electron chi connectivity index (χ0n) is 25.4. The van der Waals surface area contributed by atoms with E-state index in [1.54, 1.807) is 48.5 Å². The summed E-state index contributed by atoms with van der Waals surface area (Å²) < 4.78 is 11.6. The van der Waals surface area contributed by atoms with Gasteiger partial charge in [0.25, 0.3) is 0 Å². The van der Waals surface area contributed by atoms with Crippen molar-refractivity contribution in [2.24, 2.45) is 23.7 Å². The van der Waals surface area contributed by atoms with Crippen molar-refractivity contribution in [3.63, 3.8) is 0 Å². The first-order valence-electron chi connectivity index (χ1n) is 14.7. The summed E-state index contributed by atoms with van der Waals surface area (Å²) in [4.78, 5) is 54.3. The maximum Gasteiger partial charge on any atom is 0.308 e. The van der Waals surface area contributed by atoms with E-state index in [4.69, 9.17) is 9.47 Å². The third-order valence-electron chi connectivity index (χ3n) is 8.08. The van der Waals surface area contributed by atoms with Gasteiger partial charge in [0.05, 0.1) is 23.7 Å². The van der Waals surface area contributed by atoms with Crippen molar-refractivity contribution < 1.29 is 38.9 Å². The Morgan fingerprint density at radius 2 is 0.804 bits per heavy atom. The molecule has 236 valence electrons. The zero-order valence-corrected chi connectivity index (χ0v) is 25.4. The molecule has 2 amide bonds. The lowest BCUT2D eigenvalue weighted by molar-refractivity contribution is -0.186. The average molecular weight is 623 g/mol. The smallest absolute Gasteiger partial charge is 0.308 e. The molecule has 1 saturated carbocycles. The molecule has 10 heteroatoms. The lowest BCUT2D eigenvalue weighted by Crippen LogP contribution is -2.63. The molecular formula is C36H34N2O8. The molecule has 46 heavy (non-hydrogen) atoms. The molecule has 1 aliphatic carbocycles. The molecule has 0 spiro atoms. The second kappa shape index (κ2) is 14.0. The minimum absolute atomic E-state index is 0.113. The standard InChI is InChI=1S/C36H34N2O8/c1-37(21-23-13-17-27(18-14-23)45-25-9-5-3-6-10-25)33(39)29-31(35(41)42)30(32(29)36(43)44)34(40)38(2)22-24-15-19-28(20-16-24)46-26-11-7-4-8-12-26/h3-20,29-32H,21-22H2,1-2H3,(H,41,42)(H,43,44)/t29-,30-,31-,32-. The van der Waals surface area contributed by atoms with Crippen LogP contribution in [-0.2, 0) is 32.3 Å². The second-order valence-corrected chi connectivity index (χ2v) is 11.3. The van der Waals surface area contributed by atoms with Gasteiger partial charge in [0.2, 0.25) is 11.8 Å². The molecule has 0 heterocycles. The van der Waals surface area contributed by atoms with Gasteiger partial charge >= 0.3 is 11.9 Å². The molecule has 5 rings (SSSR count). The first kappa shape index (κ1) is 31.8. The van der Waals surface area contributed by atoms with E-state index in [1.807, 2.05) is 60.7 Å². The fourth-order valence-electron chi connectivity index (χ4n) is 5.76. The van der Waals surface area contributed by atoms with Gasteiger partial charge in [0.1, 0.15) is 23.0 Å². The fourth-order valence-corrected chi connectivity index (χ4v) is 5.76. The minimum Gasteiger partial charge on any atom is -0.481 e. The van der Waals surface area contributed by atoms with Gasteiger partial charge in [0.15, 0.2) is 0 Å². The van der Waals surface area contributed by atoms with Crippen molar-refractivity contribution in [2.45, 2.75) is 13.1 Å². The van der Waals surface area contributed by atoms with E-state index >= 15 is 0 Å². The lowest BCUT2D eigenvalue weighted by Gasteiger charge is -2.47. The van der Waals surface area contributed by atoms with Crippen molar-refractivity contribution >= 4 is 23.8 Å². The highest BCUT2D eigenvalue weighted by Gasteiger charge is 2.64. The lowest BCUT2D eigenvalue weighted by atomic mass is 9.55. The van der Waals surface area contributed by atoms with E-state index in [0.717, 1.165) is 11.1 Å². The van der Waals surface area contributed by atoms with Crippen molar-refractivity contribution in [3.8, 4) is 23.0 Å². The Bertz CT molecular complexity index is 1540. The number of amides is 2. The largest absolute Gasteiger partial charge is 0.481 e. The molecule has 10 nitrogen and oxygen atoms in total. The number of ether oxygens (including phenoxy) is 2. The van der Waals surface area contributed by atoms with Crippen molar-refractivity contribution in [1.29, 1.82) is 0 Å². The maximum absolute atomic E-state index is 13.5. The summed E-state index contributed by atoms with van der Waals surface area (Å²) in [7, 11) is 2.97. The number of benzene rings is 4. The SMILES string of the molecule is CN(Cc1ccc(Oc2ccccc2)cc1)C(=O)[C@H]1[C@H](C(=O)O)[C@H](C(=O)N(C)Cc2ccc(Oc3ccccc3)cc2)[C@H]1C(=O)O. The van der Waals surface area contributed by atoms with Crippen molar-refractivity contribution in [2.75, 3.05) is 14.1 Å². The van der Waals surface area contributed by atoms with Crippen LogP contribution in [0.1, 0.15) is 11.1 Å². The Kier molecular flexibility index (Phi) is 9.66. The third-order valence-corrected chi connectivity index (χ3v) is 8.08. The van der Waals surface area contributed by atoms with Crippen LogP contribution in [0.15, 0.2) is 109 Å². The number of aliphatic carboxylic acids is 2. The van der Waals surface area contributed by atoms with Crippen molar-refractivity contribution in [3.05, 3.63) is 120 Å². The topological polar surface area (TPSA) is 134 Å². The Labute approximate surface area is 266 Å². The summed E-state index contributed by atoms with van der Waals surface area (Å²) in [6, 6.07) is 32.6. The van der Waals surface area contributed by atoms with Gasteiger partial charge in [-0.05, 0) is 59.7 Å². The molecule has 1 aliphatic rings. The highest BCUT2D eigenvalue weighted by molar-refractivity contribution is 5.99. The number of carbonyl (C=O) groups excluding carboxylic acids is 2. The number of rotatable bonds is 12. The van der Waals surface area contributed by atoms with E-state index in [1.165, 1.54) is 23.9 Å². The van der Waals surface area contributed by atoms with Crippen molar-refractivity contribution in [1.82, 2.24) is 9.80 Å². The van der Waals surface area contributed by atoms with E-state index in [2.05, 4.69) is 0 Å². The summed E-state index contributed by atoms with van der Waals surface area (Å²) in [5.41, 5.74) is 1.48. The zero-order chi connectivity index (χ0) is 32.8. The summed E-state index contributed by atoms with van der Waals surface area (Å²) >= 11 is 0. The number of carbonyl (C=O) groups is 4. The molecule has 0 unspecified atom stereocenters. The molecule has 2 N–H and O–H groups in total.